The molecule has 0 rings (SSSR count). The second-order valence-electron chi connectivity index (χ2n) is 2.83. The number of rotatable bonds is 8. The summed E-state index contributed by atoms with van der Waals surface area (Å²) in [6.45, 7) is 4.32. The first kappa shape index (κ1) is 14.9. The number of hydrogen-bond donors (Lipinski definition) is 5. The fourth-order valence-electron chi connectivity index (χ4n) is 0.771. The zero-order valence-corrected chi connectivity index (χ0v) is 9.43. The van der Waals surface area contributed by atoms with Crippen LogP contribution in [0.5, 0.6) is 0 Å². The van der Waals surface area contributed by atoms with Crippen molar-refractivity contribution in [1.82, 2.24) is 5.48 Å². The Kier molecular flexibility index (Phi) is 8.07. The summed E-state index contributed by atoms with van der Waals surface area (Å²) in [7, 11) is 0. The standard InChI is InChI=1S/C9H18N6O2/c1-2-5-16-6-3-4-7(14-8(10)11)17-15-9(12)13/h2-4,7H,1,5-6H2,(H4,10,11,14)(H4,12,13,15)/b4-3+. The molecule has 0 spiro atoms. The lowest BCUT2D eigenvalue weighted by Gasteiger charge is -2.10. The molecule has 1 atom stereocenters. The van der Waals surface area contributed by atoms with E-state index < -0.39 is 6.23 Å². The summed E-state index contributed by atoms with van der Waals surface area (Å²) in [5, 5.41) is 6.91. The number of guanidine groups is 2. The summed E-state index contributed by atoms with van der Waals surface area (Å²) in [6.07, 6.45) is 4.08. The smallest absolute Gasteiger partial charge is 0.210 e. The molecule has 0 radical (unpaired) electrons. The van der Waals surface area contributed by atoms with Crippen LogP contribution in [0.4, 0.5) is 0 Å². The van der Waals surface area contributed by atoms with Gasteiger partial charge in [0.25, 0.3) is 0 Å². The Balaban J connectivity index is 4.13. The minimum atomic E-state index is -0.781. The van der Waals surface area contributed by atoms with Gasteiger partial charge in [0.1, 0.15) is 0 Å². The Morgan fingerprint density at radius 2 is 2.12 bits per heavy atom. The number of nitrogens with two attached hydrogens (primary N) is 3. The summed E-state index contributed by atoms with van der Waals surface area (Å²) in [6, 6.07) is 0. The third-order valence-electron chi connectivity index (χ3n) is 1.32. The van der Waals surface area contributed by atoms with E-state index >= 15 is 0 Å². The van der Waals surface area contributed by atoms with Crippen LogP contribution in [-0.4, -0.2) is 31.4 Å². The normalized spacial score (nSPS) is 12.0. The predicted octanol–water partition coefficient (Wildman–Crippen LogP) is -1.24. The molecule has 8 nitrogen and oxygen atoms in total. The van der Waals surface area contributed by atoms with Crippen LogP contribution in [0.25, 0.3) is 0 Å². The lowest BCUT2D eigenvalue weighted by atomic mass is 10.4. The molecule has 8 N–H and O–H groups in total. The first-order valence-corrected chi connectivity index (χ1v) is 4.76. The Morgan fingerprint density at radius 1 is 1.41 bits per heavy atom. The van der Waals surface area contributed by atoms with Crippen LogP contribution in [0.1, 0.15) is 0 Å². The van der Waals surface area contributed by atoms with Crippen LogP contribution in [0, 0.1) is 5.41 Å². The Bertz CT molecular complexity index is 298. The minimum absolute atomic E-state index is 0.142. The van der Waals surface area contributed by atoms with E-state index in [0.717, 1.165) is 0 Å². The molecule has 0 fully saturated rings. The van der Waals surface area contributed by atoms with Gasteiger partial charge >= 0.3 is 0 Å². The van der Waals surface area contributed by atoms with Gasteiger partial charge in [0.2, 0.25) is 5.96 Å². The highest BCUT2D eigenvalue weighted by Crippen LogP contribution is 1.94. The largest absolute Gasteiger partial charge is 0.373 e. The molecule has 0 aromatic carbocycles. The van der Waals surface area contributed by atoms with Crippen LogP contribution < -0.4 is 22.7 Å². The number of hydrogen-bond acceptors (Lipinski definition) is 4. The summed E-state index contributed by atoms with van der Waals surface area (Å²) in [4.78, 5) is 8.65. The van der Waals surface area contributed by atoms with Crippen molar-refractivity contribution in [3.8, 4) is 0 Å². The minimum Gasteiger partial charge on any atom is -0.373 e. The SMILES string of the molecule is C=CCOC/C=C/C(N=C(N)N)ONC(=N)N. The van der Waals surface area contributed by atoms with E-state index in [1.165, 1.54) is 0 Å². The quantitative estimate of drug-likeness (QED) is 0.118. The van der Waals surface area contributed by atoms with Crippen LogP contribution >= 0.6 is 0 Å². The predicted molar refractivity (Wildman–Crippen MR) is 65.9 cm³/mol. The highest BCUT2D eigenvalue weighted by Gasteiger charge is 2.03. The van der Waals surface area contributed by atoms with Crippen molar-refractivity contribution in [3.05, 3.63) is 24.8 Å². The molecular formula is C9H18N6O2. The monoisotopic (exact) mass is 242 g/mol. The first-order chi connectivity index (χ1) is 8.06. The Morgan fingerprint density at radius 3 is 2.65 bits per heavy atom. The van der Waals surface area contributed by atoms with Crippen molar-refractivity contribution < 1.29 is 9.57 Å². The van der Waals surface area contributed by atoms with Crippen molar-refractivity contribution in [3.63, 3.8) is 0 Å². The second-order valence-corrected chi connectivity index (χ2v) is 2.83. The van der Waals surface area contributed by atoms with E-state index in [9.17, 15) is 0 Å². The maximum atomic E-state index is 6.91. The summed E-state index contributed by atoms with van der Waals surface area (Å²) in [5.41, 5.74) is 17.6. The van der Waals surface area contributed by atoms with E-state index in [1.54, 1.807) is 18.2 Å². The molecule has 0 heterocycles. The van der Waals surface area contributed by atoms with Gasteiger partial charge in [-0.25, -0.2) is 15.3 Å². The van der Waals surface area contributed by atoms with Gasteiger partial charge in [-0.3, -0.25) is 5.41 Å². The lowest BCUT2D eigenvalue weighted by molar-refractivity contribution is 0.0428. The molecule has 0 bridgehead atoms. The van der Waals surface area contributed by atoms with Gasteiger partial charge in [-0.1, -0.05) is 12.2 Å². The molecule has 0 saturated heterocycles. The molecule has 96 valence electrons. The van der Waals surface area contributed by atoms with Crippen molar-refractivity contribution >= 4 is 11.9 Å². The van der Waals surface area contributed by atoms with Gasteiger partial charge < -0.3 is 21.9 Å². The zero-order chi connectivity index (χ0) is 13.1. The zero-order valence-electron chi connectivity index (χ0n) is 9.43. The number of hydroxylamine groups is 1. The Hall–Kier alpha value is -2.06. The topological polar surface area (TPSA) is 145 Å². The van der Waals surface area contributed by atoms with Gasteiger partial charge in [-0.15, -0.1) is 6.58 Å². The van der Waals surface area contributed by atoms with E-state index in [-0.39, 0.29) is 11.9 Å². The fourth-order valence-corrected chi connectivity index (χ4v) is 0.771. The highest BCUT2D eigenvalue weighted by atomic mass is 16.7. The molecule has 0 amide bonds. The third-order valence-corrected chi connectivity index (χ3v) is 1.32. The van der Waals surface area contributed by atoms with E-state index in [4.69, 9.17) is 32.2 Å². The number of aliphatic imine (C=N–C) groups is 1. The average Bonchev–Trinajstić information content (AvgIpc) is 2.24. The van der Waals surface area contributed by atoms with E-state index in [1.807, 2.05) is 0 Å². The number of ether oxygens (including phenoxy) is 1. The molecule has 17 heavy (non-hydrogen) atoms. The van der Waals surface area contributed by atoms with Gasteiger partial charge in [0.05, 0.1) is 13.2 Å². The first-order valence-electron chi connectivity index (χ1n) is 4.76. The molecular weight excluding hydrogens is 224 g/mol. The van der Waals surface area contributed by atoms with Crippen molar-refractivity contribution in [2.75, 3.05) is 13.2 Å². The van der Waals surface area contributed by atoms with Crippen LogP contribution in [-0.2, 0) is 9.57 Å². The van der Waals surface area contributed by atoms with Crippen LogP contribution in [0.15, 0.2) is 29.8 Å². The molecule has 0 aromatic rings. The van der Waals surface area contributed by atoms with Gasteiger partial charge in [-0.05, 0) is 6.08 Å². The van der Waals surface area contributed by atoms with E-state index in [2.05, 4.69) is 17.1 Å². The molecule has 0 aliphatic heterocycles. The average molecular weight is 242 g/mol. The molecule has 0 aliphatic carbocycles. The van der Waals surface area contributed by atoms with Gasteiger partial charge in [0, 0.05) is 0 Å². The van der Waals surface area contributed by atoms with Crippen molar-refractivity contribution in [2.24, 2.45) is 22.2 Å². The Labute approximate surface area is 99.6 Å². The molecule has 1 unspecified atom stereocenters. The second kappa shape index (κ2) is 9.19. The van der Waals surface area contributed by atoms with Crippen molar-refractivity contribution in [1.29, 1.82) is 5.41 Å². The lowest BCUT2D eigenvalue weighted by Crippen LogP contribution is -2.35. The highest BCUT2D eigenvalue weighted by molar-refractivity contribution is 5.76. The molecule has 0 aliphatic rings. The molecule has 0 aromatic heterocycles. The molecule has 8 heteroatoms. The number of nitrogens with one attached hydrogen (secondary N) is 2. The molecule has 0 saturated carbocycles. The third kappa shape index (κ3) is 10.2. The summed E-state index contributed by atoms with van der Waals surface area (Å²) >= 11 is 0. The maximum absolute atomic E-state index is 6.91. The summed E-state index contributed by atoms with van der Waals surface area (Å²) in [5.74, 6) is -0.492. The van der Waals surface area contributed by atoms with Gasteiger partial charge in [-0.2, -0.15) is 0 Å². The van der Waals surface area contributed by atoms with Crippen molar-refractivity contribution in [2.45, 2.75) is 6.23 Å². The van der Waals surface area contributed by atoms with Crippen LogP contribution in [0.2, 0.25) is 0 Å². The number of nitrogens with zero attached hydrogens (tertiary/aromatic N) is 1. The fraction of sp³-hybridized carbons (Fsp3) is 0.333. The summed E-state index contributed by atoms with van der Waals surface area (Å²) < 4.78 is 5.11. The maximum Gasteiger partial charge on any atom is 0.210 e. The van der Waals surface area contributed by atoms with E-state index in [0.29, 0.717) is 13.2 Å². The van der Waals surface area contributed by atoms with Gasteiger partial charge in [0.15, 0.2) is 12.2 Å². The van der Waals surface area contributed by atoms with Crippen LogP contribution in [0.3, 0.4) is 0 Å².